The quantitative estimate of drug-likeness (QED) is 0.712. The highest BCUT2D eigenvalue weighted by Gasteiger charge is 2.20. The summed E-state index contributed by atoms with van der Waals surface area (Å²) < 4.78 is 17.1. The van der Waals surface area contributed by atoms with Gasteiger partial charge in [-0.1, -0.05) is 38.1 Å². The summed E-state index contributed by atoms with van der Waals surface area (Å²) in [4.78, 5) is 0. The number of hydrogen-bond acceptors (Lipinski definition) is 6. The molecular formula is C21H23N3O3. The second-order valence-electron chi connectivity index (χ2n) is 6.87. The fourth-order valence-electron chi connectivity index (χ4n) is 3.21. The monoisotopic (exact) mass is 365 g/mol. The van der Waals surface area contributed by atoms with Gasteiger partial charge in [0.1, 0.15) is 13.2 Å². The summed E-state index contributed by atoms with van der Waals surface area (Å²) in [5.74, 6) is 3.08. The lowest BCUT2D eigenvalue weighted by Crippen LogP contribution is -2.26. The van der Waals surface area contributed by atoms with E-state index in [1.807, 2.05) is 36.4 Å². The average Bonchev–Trinajstić information content (AvgIpc) is 3.17. The fourth-order valence-corrected chi connectivity index (χ4v) is 3.21. The molecule has 0 spiro atoms. The van der Waals surface area contributed by atoms with Gasteiger partial charge in [0, 0.05) is 11.6 Å². The van der Waals surface area contributed by atoms with E-state index in [1.165, 1.54) is 0 Å². The molecule has 0 aliphatic carbocycles. The van der Waals surface area contributed by atoms with E-state index in [9.17, 15) is 0 Å². The van der Waals surface area contributed by atoms with Crippen LogP contribution in [0.2, 0.25) is 0 Å². The first-order valence-corrected chi connectivity index (χ1v) is 9.21. The Hall–Kier alpha value is -2.86. The SMILES string of the molecule is CC(C)C(NCc1nnc(-c2ccccc2)o1)c1ccc2c(c1)OCCO2. The second kappa shape index (κ2) is 7.80. The molecule has 2 aromatic carbocycles. The Morgan fingerprint density at radius 2 is 1.74 bits per heavy atom. The van der Waals surface area contributed by atoms with E-state index in [0.717, 1.165) is 22.6 Å². The molecule has 4 rings (SSSR count). The molecule has 6 nitrogen and oxygen atoms in total. The molecule has 1 aromatic heterocycles. The van der Waals surface area contributed by atoms with Gasteiger partial charge in [0.15, 0.2) is 11.5 Å². The largest absolute Gasteiger partial charge is 0.486 e. The zero-order valence-electron chi connectivity index (χ0n) is 15.5. The van der Waals surface area contributed by atoms with Crippen LogP contribution in [0, 0.1) is 5.92 Å². The van der Waals surface area contributed by atoms with Crippen LogP contribution in [-0.2, 0) is 6.54 Å². The van der Waals surface area contributed by atoms with Crippen LogP contribution in [0.1, 0.15) is 31.3 Å². The Morgan fingerprint density at radius 1 is 0.963 bits per heavy atom. The van der Waals surface area contributed by atoms with Gasteiger partial charge in [-0.3, -0.25) is 0 Å². The van der Waals surface area contributed by atoms with Gasteiger partial charge in [0.2, 0.25) is 11.8 Å². The molecule has 0 radical (unpaired) electrons. The minimum absolute atomic E-state index is 0.132. The van der Waals surface area contributed by atoms with Crippen molar-refractivity contribution in [2.75, 3.05) is 13.2 Å². The van der Waals surface area contributed by atoms with Crippen LogP contribution in [0.3, 0.4) is 0 Å². The molecule has 1 N–H and O–H groups in total. The van der Waals surface area contributed by atoms with Gasteiger partial charge in [-0.05, 0) is 35.7 Å². The number of aromatic nitrogens is 2. The third kappa shape index (κ3) is 3.95. The molecule has 1 unspecified atom stereocenters. The van der Waals surface area contributed by atoms with Gasteiger partial charge in [0.25, 0.3) is 0 Å². The summed E-state index contributed by atoms with van der Waals surface area (Å²) in [6.45, 7) is 6.03. The van der Waals surface area contributed by atoms with E-state index < -0.39 is 0 Å². The van der Waals surface area contributed by atoms with Crippen LogP contribution in [0.4, 0.5) is 0 Å². The van der Waals surface area contributed by atoms with Crippen molar-refractivity contribution in [1.29, 1.82) is 0 Å². The smallest absolute Gasteiger partial charge is 0.247 e. The standard InChI is InChI=1S/C21H23N3O3/c1-14(2)20(16-8-9-17-18(12-16)26-11-10-25-17)22-13-19-23-24-21(27-19)15-6-4-3-5-7-15/h3-9,12,14,20,22H,10-11,13H2,1-2H3. The highest BCUT2D eigenvalue weighted by Crippen LogP contribution is 2.34. The molecule has 1 atom stereocenters. The molecule has 0 saturated carbocycles. The van der Waals surface area contributed by atoms with Crippen molar-refractivity contribution in [1.82, 2.24) is 15.5 Å². The Labute approximate surface area is 158 Å². The Balaban J connectivity index is 1.47. The van der Waals surface area contributed by atoms with E-state index in [-0.39, 0.29) is 6.04 Å². The molecule has 0 bridgehead atoms. The van der Waals surface area contributed by atoms with E-state index in [2.05, 4.69) is 41.5 Å². The van der Waals surface area contributed by atoms with Crippen molar-refractivity contribution in [2.24, 2.45) is 5.92 Å². The third-order valence-electron chi connectivity index (χ3n) is 4.55. The van der Waals surface area contributed by atoms with E-state index >= 15 is 0 Å². The van der Waals surface area contributed by atoms with Gasteiger partial charge >= 0.3 is 0 Å². The summed E-state index contributed by atoms with van der Waals surface area (Å²) in [5, 5.41) is 11.8. The van der Waals surface area contributed by atoms with Crippen LogP contribution >= 0.6 is 0 Å². The van der Waals surface area contributed by atoms with Crippen molar-refractivity contribution < 1.29 is 13.9 Å². The lowest BCUT2D eigenvalue weighted by molar-refractivity contribution is 0.171. The Morgan fingerprint density at radius 3 is 2.52 bits per heavy atom. The molecule has 0 saturated heterocycles. The van der Waals surface area contributed by atoms with Crippen molar-refractivity contribution in [3.8, 4) is 23.0 Å². The molecule has 0 amide bonds. The number of ether oxygens (including phenoxy) is 2. The zero-order valence-corrected chi connectivity index (χ0v) is 15.5. The maximum atomic E-state index is 5.80. The molecule has 140 valence electrons. The number of nitrogens with zero attached hydrogens (tertiary/aromatic N) is 2. The summed E-state index contributed by atoms with van der Waals surface area (Å²) in [6, 6.07) is 16.0. The van der Waals surface area contributed by atoms with Crippen LogP contribution in [0.15, 0.2) is 52.9 Å². The number of benzene rings is 2. The molecule has 1 aliphatic rings. The lowest BCUT2D eigenvalue weighted by Gasteiger charge is -2.25. The molecule has 1 aliphatic heterocycles. The van der Waals surface area contributed by atoms with Crippen LogP contribution in [0.5, 0.6) is 11.5 Å². The summed E-state index contributed by atoms with van der Waals surface area (Å²) >= 11 is 0. The van der Waals surface area contributed by atoms with Crippen molar-refractivity contribution in [2.45, 2.75) is 26.4 Å². The van der Waals surface area contributed by atoms with Gasteiger partial charge < -0.3 is 19.2 Å². The van der Waals surface area contributed by atoms with Crippen molar-refractivity contribution in [3.05, 3.63) is 60.0 Å². The first-order chi connectivity index (χ1) is 13.2. The number of nitrogens with one attached hydrogen (secondary N) is 1. The molecule has 6 heteroatoms. The van der Waals surface area contributed by atoms with Gasteiger partial charge in [-0.2, -0.15) is 0 Å². The topological polar surface area (TPSA) is 69.4 Å². The molecule has 2 heterocycles. The van der Waals surface area contributed by atoms with Gasteiger partial charge in [0.05, 0.1) is 6.54 Å². The van der Waals surface area contributed by atoms with E-state index in [1.54, 1.807) is 0 Å². The minimum Gasteiger partial charge on any atom is -0.486 e. The first kappa shape index (κ1) is 17.5. The zero-order chi connectivity index (χ0) is 18.6. The molecular weight excluding hydrogens is 342 g/mol. The third-order valence-corrected chi connectivity index (χ3v) is 4.55. The number of fused-ring (bicyclic) bond motifs is 1. The van der Waals surface area contributed by atoms with Crippen molar-refractivity contribution >= 4 is 0 Å². The summed E-state index contributed by atoms with van der Waals surface area (Å²) in [7, 11) is 0. The number of hydrogen-bond donors (Lipinski definition) is 1. The maximum Gasteiger partial charge on any atom is 0.247 e. The van der Waals surface area contributed by atoms with Crippen LogP contribution in [0.25, 0.3) is 11.5 Å². The van der Waals surface area contributed by atoms with Crippen LogP contribution in [-0.4, -0.2) is 23.4 Å². The number of rotatable bonds is 6. The van der Waals surface area contributed by atoms with E-state index in [4.69, 9.17) is 13.9 Å². The maximum absolute atomic E-state index is 5.80. The second-order valence-corrected chi connectivity index (χ2v) is 6.87. The molecule has 27 heavy (non-hydrogen) atoms. The minimum atomic E-state index is 0.132. The highest BCUT2D eigenvalue weighted by atomic mass is 16.6. The molecule has 3 aromatic rings. The average molecular weight is 365 g/mol. The summed E-state index contributed by atoms with van der Waals surface area (Å²) in [5.41, 5.74) is 2.07. The fraction of sp³-hybridized carbons (Fsp3) is 0.333. The highest BCUT2D eigenvalue weighted by molar-refractivity contribution is 5.51. The predicted molar refractivity (Wildman–Crippen MR) is 102 cm³/mol. The normalized spacial score (nSPS) is 14.3. The summed E-state index contributed by atoms with van der Waals surface area (Å²) in [6.07, 6.45) is 0. The Kier molecular flexibility index (Phi) is 5.07. The first-order valence-electron chi connectivity index (χ1n) is 9.21. The van der Waals surface area contributed by atoms with Gasteiger partial charge in [-0.25, -0.2) is 0 Å². The molecule has 0 fully saturated rings. The van der Waals surface area contributed by atoms with Crippen molar-refractivity contribution in [3.63, 3.8) is 0 Å². The van der Waals surface area contributed by atoms with Gasteiger partial charge in [-0.15, -0.1) is 10.2 Å². The Bertz CT molecular complexity index is 893. The van der Waals surface area contributed by atoms with E-state index in [0.29, 0.717) is 37.5 Å². The van der Waals surface area contributed by atoms with Crippen LogP contribution < -0.4 is 14.8 Å². The predicted octanol–water partition coefficient (Wildman–Crippen LogP) is 3.99. The lowest BCUT2D eigenvalue weighted by atomic mass is 9.95.